The average Bonchev–Trinajstić information content (AvgIpc) is 3.18. The van der Waals surface area contributed by atoms with Crippen LogP contribution in [0.2, 0.25) is 0 Å². The van der Waals surface area contributed by atoms with Gasteiger partial charge in [-0.2, -0.15) is 0 Å². The third-order valence-electron chi connectivity index (χ3n) is 6.90. The molecule has 2 fully saturated rings. The van der Waals surface area contributed by atoms with Gasteiger partial charge in [-0.15, -0.1) is 0 Å². The number of para-hydroxylation sites is 1. The van der Waals surface area contributed by atoms with Gasteiger partial charge in [0.15, 0.2) is 6.10 Å². The third-order valence-corrected chi connectivity index (χ3v) is 6.90. The molecule has 0 saturated carbocycles. The molecule has 4 heterocycles. The van der Waals surface area contributed by atoms with Gasteiger partial charge in [0.2, 0.25) is 0 Å². The highest BCUT2D eigenvalue weighted by molar-refractivity contribution is 5.83. The first kappa shape index (κ1) is 19.5. The van der Waals surface area contributed by atoms with Gasteiger partial charge in [-0.1, -0.05) is 24.3 Å². The Morgan fingerprint density at radius 1 is 1.27 bits per heavy atom. The first-order valence-corrected chi connectivity index (χ1v) is 10.8. The largest absolute Gasteiger partial charge is 0.480 e. The van der Waals surface area contributed by atoms with Crippen LogP contribution < -0.4 is 4.74 Å². The summed E-state index contributed by atoms with van der Waals surface area (Å²) in [5.74, 6) is 1.51. The van der Waals surface area contributed by atoms with Crippen molar-refractivity contribution < 1.29 is 14.3 Å². The number of likely N-dealkylation sites (tertiary alicyclic amines) is 2. The molecule has 2 saturated heterocycles. The maximum atomic E-state index is 13.0. The minimum Gasteiger partial charge on any atom is -0.480 e. The second kappa shape index (κ2) is 8.00. The number of carbonyl (C=O) groups excluding carboxylic acids is 1. The Labute approximate surface area is 177 Å². The first-order valence-electron chi connectivity index (χ1n) is 10.8. The number of hydrogen-bond acceptors (Lipinski definition) is 5. The maximum absolute atomic E-state index is 13.0. The van der Waals surface area contributed by atoms with E-state index in [1.54, 1.807) is 6.20 Å². The van der Waals surface area contributed by atoms with Crippen LogP contribution in [0.25, 0.3) is 0 Å². The molecule has 1 aromatic carbocycles. The lowest BCUT2D eigenvalue weighted by atomic mass is 9.75. The SMILES string of the molecule is CN1CC[C@@H](COCc2cccnc2)CC12CN(C(=O)[C@@H]1Cc3ccccc3O1)C2. The molecular weight excluding hydrogens is 378 g/mol. The summed E-state index contributed by atoms with van der Waals surface area (Å²) in [7, 11) is 2.19. The molecule has 0 aliphatic carbocycles. The highest BCUT2D eigenvalue weighted by Gasteiger charge is 2.52. The van der Waals surface area contributed by atoms with Crippen molar-refractivity contribution in [2.24, 2.45) is 5.92 Å². The zero-order valence-corrected chi connectivity index (χ0v) is 17.5. The van der Waals surface area contributed by atoms with Crippen molar-refractivity contribution in [3.05, 3.63) is 59.9 Å². The lowest BCUT2D eigenvalue weighted by Gasteiger charge is -2.58. The topological polar surface area (TPSA) is 54.9 Å². The molecule has 158 valence electrons. The van der Waals surface area contributed by atoms with E-state index in [2.05, 4.69) is 16.9 Å². The monoisotopic (exact) mass is 407 g/mol. The van der Waals surface area contributed by atoms with Gasteiger partial charge in [-0.25, -0.2) is 0 Å². The van der Waals surface area contributed by atoms with Gasteiger partial charge in [-0.3, -0.25) is 14.7 Å². The fourth-order valence-electron chi connectivity index (χ4n) is 5.09. The molecule has 0 N–H and O–H groups in total. The van der Waals surface area contributed by atoms with E-state index in [0.29, 0.717) is 18.9 Å². The zero-order chi connectivity index (χ0) is 20.6. The third kappa shape index (κ3) is 3.70. The number of piperidine rings is 1. The summed E-state index contributed by atoms with van der Waals surface area (Å²) in [6.07, 6.45) is 6.16. The summed E-state index contributed by atoms with van der Waals surface area (Å²) in [6, 6.07) is 11.9. The van der Waals surface area contributed by atoms with Gasteiger partial charge in [-0.05, 0) is 55.6 Å². The number of pyridine rings is 1. The van der Waals surface area contributed by atoms with Crippen molar-refractivity contribution in [2.45, 2.75) is 37.5 Å². The molecule has 0 unspecified atom stereocenters. The number of nitrogens with zero attached hydrogens (tertiary/aromatic N) is 3. The van der Waals surface area contributed by atoms with E-state index in [-0.39, 0.29) is 17.6 Å². The normalized spacial score (nSPS) is 24.9. The van der Waals surface area contributed by atoms with E-state index in [0.717, 1.165) is 56.0 Å². The molecule has 1 aromatic heterocycles. The second-order valence-electron chi connectivity index (χ2n) is 8.99. The van der Waals surface area contributed by atoms with Crippen LogP contribution in [-0.2, 0) is 22.6 Å². The van der Waals surface area contributed by atoms with E-state index in [1.165, 1.54) is 0 Å². The van der Waals surface area contributed by atoms with Gasteiger partial charge in [0.1, 0.15) is 5.75 Å². The predicted octanol–water partition coefficient (Wildman–Crippen LogP) is 2.52. The molecule has 1 spiro atoms. The van der Waals surface area contributed by atoms with Crippen molar-refractivity contribution in [3.63, 3.8) is 0 Å². The quantitative estimate of drug-likeness (QED) is 0.762. The molecule has 2 aromatic rings. The minimum atomic E-state index is -0.368. The number of benzene rings is 1. The van der Waals surface area contributed by atoms with Gasteiger partial charge in [0.05, 0.1) is 12.1 Å². The van der Waals surface area contributed by atoms with Gasteiger partial charge >= 0.3 is 0 Å². The molecule has 2 atom stereocenters. The molecule has 0 bridgehead atoms. The second-order valence-corrected chi connectivity index (χ2v) is 8.99. The predicted molar refractivity (Wildman–Crippen MR) is 113 cm³/mol. The standard InChI is InChI=1S/C24H29N3O3/c1-26-10-8-18(14-29-15-19-5-4-9-25-13-19)12-24(26)16-27(17-24)23(28)22-11-20-6-2-3-7-21(20)30-22/h2-7,9,13,18,22H,8,10-12,14-17H2,1H3/t18-,22+/m1/s1. The van der Waals surface area contributed by atoms with Crippen LogP contribution >= 0.6 is 0 Å². The lowest BCUT2D eigenvalue weighted by molar-refractivity contribution is -0.157. The molecule has 5 rings (SSSR count). The summed E-state index contributed by atoms with van der Waals surface area (Å²) in [4.78, 5) is 21.6. The summed E-state index contributed by atoms with van der Waals surface area (Å²) in [5.41, 5.74) is 2.33. The van der Waals surface area contributed by atoms with Crippen molar-refractivity contribution in [1.29, 1.82) is 0 Å². The van der Waals surface area contributed by atoms with E-state index in [4.69, 9.17) is 9.47 Å². The molecular formula is C24H29N3O3. The van der Waals surface area contributed by atoms with Gasteiger partial charge < -0.3 is 14.4 Å². The van der Waals surface area contributed by atoms with Crippen LogP contribution in [0.1, 0.15) is 24.0 Å². The van der Waals surface area contributed by atoms with Crippen LogP contribution in [-0.4, -0.2) is 65.6 Å². The Morgan fingerprint density at radius 2 is 2.13 bits per heavy atom. The lowest BCUT2D eigenvalue weighted by Crippen LogP contribution is -2.73. The molecule has 3 aliphatic rings. The van der Waals surface area contributed by atoms with E-state index in [9.17, 15) is 4.79 Å². The van der Waals surface area contributed by atoms with Crippen LogP contribution in [0, 0.1) is 5.92 Å². The number of likely N-dealkylation sites (N-methyl/N-ethyl adjacent to an activating group) is 1. The Kier molecular flexibility index (Phi) is 5.21. The molecule has 1 amide bonds. The minimum absolute atomic E-state index is 0.0850. The van der Waals surface area contributed by atoms with E-state index in [1.807, 2.05) is 47.5 Å². The molecule has 6 heteroatoms. The summed E-state index contributed by atoms with van der Waals surface area (Å²) in [6.45, 7) is 4.00. The number of fused-ring (bicyclic) bond motifs is 1. The maximum Gasteiger partial charge on any atom is 0.264 e. The Morgan fingerprint density at radius 3 is 2.93 bits per heavy atom. The van der Waals surface area contributed by atoms with E-state index >= 15 is 0 Å². The summed E-state index contributed by atoms with van der Waals surface area (Å²) in [5, 5.41) is 0. The summed E-state index contributed by atoms with van der Waals surface area (Å²) >= 11 is 0. The Hall–Kier alpha value is -2.44. The number of ether oxygens (including phenoxy) is 2. The summed E-state index contributed by atoms with van der Waals surface area (Å²) < 4.78 is 11.9. The molecule has 0 radical (unpaired) electrons. The Bertz CT molecular complexity index is 873. The van der Waals surface area contributed by atoms with Crippen molar-refractivity contribution in [1.82, 2.24) is 14.8 Å². The van der Waals surface area contributed by atoms with Crippen LogP contribution in [0.4, 0.5) is 0 Å². The fourth-order valence-corrected chi connectivity index (χ4v) is 5.09. The van der Waals surface area contributed by atoms with Crippen molar-refractivity contribution >= 4 is 5.91 Å². The van der Waals surface area contributed by atoms with Crippen molar-refractivity contribution in [3.8, 4) is 5.75 Å². The van der Waals surface area contributed by atoms with Crippen LogP contribution in [0.5, 0.6) is 5.75 Å². The Balaban J connectivity index is 1.13. The fraction of sp³-hybridized carbons (Fsp3) is 0.500. The molecule has 30 heavy (non-hydrogen) atoms. The molecule has 3 aliphatic heterocycles. The average molecular weight is 408 g/mol. The van der Waals surface area contributed by atoms with Crippen LogP contribution in [0.15, 0.2) is 48.8 Å². The molecule has 6 nitrogen and oxygen atoms in total. The number of amides is 1. The number of aromatic nitrogens is 1. The number of hydrogen-bond donors (Lipinski definition) is 0. The van der Waals surface area contributed by atoms with Gasteiger partial charge in [0, 0.05) is 38.5 Å². The first-order chi connectivity index (χ1) is 14.6. The highest BCUT2D eigenvalue weighted by atomic mass is 16.5. The van der Waals surface area contributed by atoms with Crippen LogP contribution in [0.3, 0.4) is 0 Å². The highest BCUT2D eigenvalue weighted by Crippen LogP contribution is 2.39. The number of rotatable bonds is 5. The number of carbonyl (C=O) groups is 1. The smallest absolute Gasteiger partial charge is 0.264 e. The zero-order valence-electron chi connectivity index (χ0n) is 17.5. The van der Waals surface area contributed by atoms with E-state index < -0.39 is 0 Å². The van der Waals surface area contributed by atoms with Crippen molar-refractivity contribution in [2.75, 3.05) is 33.3 Å². The van der Waals surface area contributed by atoms with Gasteiger partial charge in [0.25, 0.3) is 5.91 Å².